The number of nitrogens with zero attached hydrogens (tertiary/aromatic N) is 1. The molecule has 0 amide bonds. The van der Waals surface area contributed by atoms with E-state index in [1.54, 1.807) is 32.0 Å². The Kier molecular flexibility index (Phi) is 7.06. The number of ketones is 1. The van der Waals surface area contributed by atoms with Crippen molar-refractivity contribution >= 4 is 5.78 Å². The predicted molar refractivity (Wildman–Crippen MR) is 88.3 cm³/mol. The van der Waals surface area contributed by atoms with Crippen molar-refractivity contribution in [2.24, 2.45) is 0 Å². The molecule has 2 aromatic carbocycles. The zero-order valence-electron chi connectivity index (χ0n) is 14.1. The van der Waals surface area contributed by atoms with Crippen molar-refractivity contribution < 1.29 is 18.3 Å². The van der Waals surface area contributed by atoms with Gasteiger partial charge in [-0.3, -0.25) is 4.79 Å². The van der Waals surface area contributed by atoms with Crippen LogP contribution in [0, 0.1) is 29.9 Å². The normalized spacial score (nSPS) is 9.54. The highest BCUT2D eigenvalue weighted by Crippen LogP contribution is 2.32. The Morgan fingerprint density at radius 1 is 1.21 bits per heavy atom. The number of ether oxygens (including phenoxy) is 1. The number of hydrogen-bond donors (Lipinski definition) is 0. The van der Waals surface area contributed by atoms with Crippen LogP contribution in [0.1, 0.15) is 48.7 Å². The van der Waals surface area contributed by atoms with Gasteiger partial charge in [-0.2, -0.15) is 5.26 Å². The maximum absolute atomic E-state index is 13.9. The van der Waals surface area contributed by atoms with E-state index in [0.717, 1.165) is 12.1 Å². The van der Waals surface area contributed by atoms with Crippen LogP contribution in [0.25, 0.3) is 0 Å². The molecule has 126 valence electrons. The number of carbonyl (C=O) groups is 1. The molecule has 0 radical (unpaired) electrons. The molecule has 0 N–H and O–H groups in total. The van der Waals surface area contributed by atoms with Crippen molar-refractivity contribution in [2.75, 3.05) is 0 Å². The highest BCUT2D eigenvalue weighted by molar-refractivity contribution is 5.99. The van der Waals surface area contributed by atoms with Crippen molar-refractivity contribution in [3.05, 3.63) is 58.7 Å². The first-order valence-electron chi connectivity index (χ1n) is 7.67. The van der Waals surface area contributed by atoms with Crippen molar-refractivity contribution in [3.8, 4) is 17.6 Å². The molecule has 0 aliphatic heterocycles. The molecule has 0 atom stereocenters. The molecule has 2 rings (SSSR count). The molecule has 0 aliphatic rings. The lowest BCUT2D eigenvalue weighted by molar-refractivity contribution is 0.0985. The number of hydrogen-bond acceptors (Lipinski definition) is 3. The van der Waals surface area contributed by atoms with E-state index in [1.165, 1.54) is 6.07 Å². The minimum Gasteiger partial charge on any atom is -0.450 e. The van der Waals surface area contributed by atoms with Crippen LogP contribution in [0.4, 0.5) is 8.78 Å². The summed E-state index contributed by atoms with van der Waals surface area (Å²) >= 11 is 0. The molecule has 5 heteroatoms. The Hall–Kier alpha value is -2.74. The minimum atomic E-state index is -0.993. The summed E-state index contributed by atoms with van der Waals surface area (Å²) in [4.78, 5) is 12.0. The lowest BCUT2D eigenvalue weighted by Gasteiger charge is -2.13. The summed E-state index contributed by atoms with van der Waals surface area (Å²) in [5, 5.41) is 8.68. The van der Waals surface area contributed by atoms with Crippen molar-refractivity contribution in [2.45, 2.75) is 34.1 Å². The predicted octanol–water partition coefficient (Wildman–Crippen LogP) is 5.56. The van der Waals surface area contributed by atoms with Crippen LogP contribution in [0.5, 0.6) is 11.5 Å². The molecule has 3 nitrogen and oxygen atoms in total. The summed E-state index contributed by atoms with van der Waals surface area (Å²) in [5.74, 6) is -2.70. The number of halogens is 2. The van der Waals surface area contributed by atoms with Gasteiger partial charge in [-0.25, -0.2) is 8.78 Å². The second-order valence-electron chi connectivity index (χ2n) is 4.71. The van der Waals surface area contributed by atoms with Gasteiger partial charge in [0.2, 0.25) is 0 Å². The number of benzene rings is 2. The largest absolute Gasteiger partial charge is 0.450 e. The summed E-state index contributed by atoms with van der Waals surface area (Å²) in [5.41, 5.74) is 0.823. The van der Waals surface area contributed by atoms with E-state index in [2.05, 4.69) is 0 Å². The summed E-state index contributed by atoms with van der Waals surface area (Å²) < 4.78 is 33.1. The van der Waals surface area contributed by atoms with Gasteiger partial charge >= 0.3 is 0 Å². The molecule has 0 saturated carbocycles. The van der Waals surface area contributed by atoms with E-state index in [9.17, 15) is 13.6 Å². The van der Waals surface area contributed by atoms with E-state index in [4.69, 9.17) is 10.00 Å². The number of rotatable bonds is 4. The van der Waals surface area contributed by atoms with E-state index >= 15 is 0 Å². The lowest BCUT2D eigenvalue weighted by atomic mass is 10.0. The Morgan fingerprint density at radius 3 is 2.29 bits per heavy atom. The van der Waals surface area contributed by atoms with Gasteiger partial charge < -0.3 is 4.74 Å². The summed E-state index contributed by atoms with van der Waals surface area (Å²) in [6, 6.07) is 8.26. The molecular weight excluding hydrogens is 312 g/mol. The first kappa shape index (κ1) is 19.3. The molecule has 0 heterocycles. The third-order valence-electron chi connectivity index (χ3n) is 3.17. The zero-order chi connectivity index (χ0) is 18.3. The molecule has 0 aliphatic carbocycles. The number of Topliss-reactive ketones (excluding diaryl/α,β-unsaturated/α-hetero) is 1. The molecule has 0 fully saturated rings. The molecular formula is C19H19F2NO2. The average molecular weight is 331 g/mol. The molecule has 0 unspecified atom stereocenters. The highest BCUT2D eigenvalue weighted by atomic mass is 19.1. The van der Waals surface area contributed by atoms with Gasteiger partial charge in [-0.05, 0) is 30.7 Å². The lowest BCUT2D eigenvalue weighted by Crippen LogP contribution is -2.04. The van der Waals surface area contributed by atoms with Crippen molar-refractivity contribution in [1.29, 1.82) is 5.26 Å². The molecule has 24 heavy (non-hydrogen) atoms. The molecule has 0 bridgehead atoms. The fraction of sp³-hybridized carbons (Fsp3) is 0.263. The van der Waals surface area contributed by atoms with Crippen LogP contribution in [0.15, 0.2) is 30.3 Å². The van der Waals surface area contributed by atoms with Crippen LogP contribution in [-0.2, 0) is 0 Å². The number of aryl methyl sites for hydroxylation is 1. The van der Waals surface area contributed by atoms with Gasteiger partial charge in [0, 0.05) is 6.42 Å². The van der Waals surface area contributed by atoms with Crippen LogP contribution in [-0.4, -0.2) is 5.78 Å². The fourth-order valence-electron chi connectivity index (χ4n) is 2.09. The topological polar surface area (TPSA) is 50.1 Å². The van der Waals surface area contributed by atoms with Gasteiger partial charge in [0.15, 0.2) is 23.2 Å². The highest BCUT2D eigenvalue weighted by Gasteiger charge is 2.19. The van der Waals surface area contributed by atoms with Gasteiger partial charge in [0.25, 0.3) is 0 Å². The number of carbonyl (C=O) groups excluding carboxylic acids is 1. The van der Waals surface area contributed by atoms with Gasteiger partial charge in [0.05, 0.1) is 17.2 Å². The molecule has 2 aromatic rings. The Morgan fingerprint density at radius 2 is 1.79 bits per heavy atom. The van der Waals surface area contributed by atoms with Crippen LogP contribution >= 0.6 is 0 Å². The molecule has 0 spiro atoms. The Labute approximate surface area is 140 Å². The third-order valence-corrected chi connectivity index (χ3v) is 3.17. The van der Waals surface area contributed by atoms with Crippen LogP contribution < -0.4 is 4.74 Å². The molecule has 0 aromatic heterocycles. The summed E-state index contributed by atoms with van der Waals surface area (Å²) in [7, 11) is 0. The SMILES string of the molecule is CC.CCC(=O)c1c(C)cccc1Oc1c(F)cc(C#N)cc1F. The Bertz CT molecular complexity index is 756. The van der Waals surface area contributed by atoms with E-state index < -0.39 is 17.4 Å². The van der Waals surface area contributed by atoms with Gasteiger partial charge in [0.1, 0.15) is 5.75 Å². The fourth-order valence-corrected chi connectivity index (χ4v) is 2.09. The maximum Gasteiger partial charge on any atom is 0.198 e. The second kappa shape index (κ2) is 8.78. The monoisotopic (exact) mass is 331 g/mol. The summed E-state index contributed by atoms with van der Waals surface area (Å²) in [6.45, 7) is 7.42. The van der Waals surface area contributed by atoms with Crippen molar-refractivity contribution in [3.63, 3.8) is 0 Å². The van der Waals surface area contributed by atoms with Crippen molar-refractivity contribution in [1.82, 2.24) is 0 Å². The van der Waals surface area contributed by atoms with Gasteiger partial charge in [-0.1, -0.05) is 32.9 Å². The second-order valence-corrected chi connectivity index (χ2v) is 4.71. The first-order chi connectivity index (χ1) is 11.5. The van der Waals surface area contributed by atoms with Crippen LogP contribution in [0.2, 0.25) is 0 Å². The molecule has 0 saturated heterocycles. The van der Waals surface area contributed by atoms with Crippen LogP contribution in [0.3, 0.4) is 0 Å². The van der Waals surface area contributed by atoms with E-state index in [1.807, 2.05) is 13.8 Å². The minimum absolute atomic E-state index is 0.0920. The maximum atomic E-state index is 13.9. The smallest absolute Gasteiger partial charge is 0.198 e. The quantitative estimate of drug-likeness (QED) is 0.690. The van der Waals surface area contributed by atoms with E-state index in [-0.39, 0.29) is 23.5 Å². The average Bonchev–Trinajstić information content (AvgIpc) is 2.59. The standard InChI is InChI=1S/C17H13F2NO2.C2H6/c1-3-14(21)16-10(2)5-4-6-15(16)22-17-12(18)7-11(9-20)8-13(17)19;1-2/h4-8H,3H2,1-2H3;1-2H3. The van der Waals surface area contributed by atoms with Gasteiger partial charge in [-0.15, -0.1) is 0 Å². The zero-order valence-corrected chi connectivity index (χ0v) is 14.1. The first-order valence-corrected chi connectivity index (χ1v) is 7.67. The third kappa shape index (κ3) is 4.17. The summed E-state index contributed by atoms with van der Waals surface area (Å²) in [6.07, 6.45) is 0.250. The Balaban J connectivity index is 0.00000139. The number of nitriles is 1. The van der Waals surface area contributed by atoms with E-state index in [0.29, 0.717) is 11.1 Å².